The molecule has 1 aliphatic heterocycles. The Bertz CT molecular complexity index is 958. The van der Waals surface area contributed by atoms with Crippen LogP contribution in [-0.4, -0.2) is 40.0 Å². The average Bonchev–Trinajstić information content (AvgIpc) is 3.21. The summed E-state index contributed by atoms with van der Waals surface area (Å²) >= 11 is 3.04. The molecule has 1 atom stereocenters. The molecular weight excluding hydrogens is 394 g/mol. The van der Waals surface area contributed by atoms with Crippen LogP contribution in [0.1, 0.15) is 49.0 Å². The number of hydrogen-bond donors (Lipinski definition) is 1. The van der Waals surface area contributed by atoms with Gasteiger partial charge in [0, 0.05) is 17.5 Å². The van der Waals surface area contributed by atoms with Crippen LogP contribution in [0.15, 0.2) is 9.95 Å². The summed E-state index contributed by atoms with van der Waals surface area (Å²) in [6, 6.07) is 0.349. The van der Waals surface area contributed by atoms with Crippen molar-refractivity contribution in [2.75, 3.05) is 12.4 Å². The smallest absolute Gasteiger partial charge is 0.263 e. The maximum absolute atomic E-state index is 13.5. The SMILES string of the molecule is O=C(CSc1nc2sc3c(c2c(=O)n1C[C@H]1CCCO1)CCCC3)NC1CC1. The van der Waals surface area contributed by atoms with E-state index in [2.05, 4.69) is 5.32 Å². The highest BCUT2D eigenvalue weighted by molar-refractivity contribution is 7.99. The predicted molar refractivity (Wildman–Crippen MR) is 111 cm³/mol. The second-order valence-electron chi connectivity index (χ2n) is 7.97. The van der Waals surface area contributed by atoms with Gasteiger partial charge in [-0.1, -0.05) is 11.8 Å². The van der Waals surface area contributed by atoms with Gasteiger partial charge < -0.3 is 10.1 Å². The molecule has 5 rings (SSSR count). The maximum Gasteiger partial charge on any atom is 0.263 e. The van der Waals surface area contributed by atoms with Crippen molar-refractivity contribution in [2.45, 2.75) is 75.2 Å². The Morgan fingerprint density at radius 1 is 1.25 bits per heavy atom. The maximum atomic E-state index is 13.5. The molecule has 2 aromatic heterocycles. The first-order chi connectivity index (χ1) is 13.7. The quantitative estimate of drug-likeness (QED) is 0.576. The molecule has 2 aromatic rings. The molecule has 0 radical (unpaired) electrons. The van der Waals surface area contributed by atoms with E-state index >= 15 is 0 Å². The lowest BCUT2D eigenvalue weighted by Gasteiger charge is -2.16. The van der Waals surface area contributed by atoms with E-state index in [9.17, 15) is 9.59 Å². The highest BCUT2D eigenvalue weighted by Crippen LogP contribution is 2.35. The van der Waals surface area contributed by atoms with Crippen molar-refractivity contribution in [3.05, 3.63) is 20.8 Å². The molecule has 0 bridgehead atoms. The van der Waals surface area contributed by atoms with Gasteiger partial charge in [-0.15, -0.1) is 11.3 Å². The van der Waals surface area contributed by atoms with E-state index in [1.165, 1.54) is 28.6 Å². The summed E-state index contributed by atoms with van der Waals surface area (Å²) in [5, 5.41) is 4.47. The summed E-state index contributed by atoms with van der Waals surface area (Å²) in [5.41, 5.74) is 1.26. The molecule has 6 nitrogen and oxygen atoms in total. The summed E-state index contributed by atoms with van der Waals surface area (Å²) < 4.78 is 7.56. The number of fused-ring (bicyclic) bond motifs is 3. The predicted octanol–water partition coefficient (Wildman–Crippen LogP) is 2.89. The van der Waals surface area contributed by atoms with E-state index in [1.807, 2.05) is 0 Å². The normalized spacial score (nSPS) is 21.8. The van der Waals surface area contributed by atoms with Crippen LogP contribution >= 0.6 is 23.1 Å². The Morgan fingerprint density at radius 2 is 2.11 bits per heavy atom. The first-order valence-electron chi connectivity index (χ1n) is 10.3. The number of amides is 1. The summed E-state index contributed by atoms with van der Waals surface area (Å²) in [5.74, 6) is 0.321. The van der Waals surface area contributed by atoms with Crippen molar-refractivity contribution in [2.24, 2.45) is 0 Å². The summed E-state index contributed by atoms with van der Waals surface area (Å²) in [7, 11) is 0. The first kappa shape index (κ1) is 18.6. The monoisotopic (exact) mass is 419 g/mol. The van der Waals surface area contributed by atoms with Crippen LogP contribution in [-0.2, 0) is 28.9 Å². The average molecular weight is 420 g/mol. The van der Waals surface area contributed by atoms with Crippen molar-refractivity contribution in [1.82, 2.24) is 14.9 Å². The van der Waals surface area contributed by atoms with Gasteiger partial charge in [-0.25, -0.2) is 4.98 Å². The number of nitrogens with one attached hydrogen (secondary N) is 1. The lowest BCUT2D eigenvalue weighted by molar-refractivity contribution is -0.118. The third-order valence-electron chi connectivity index (χ3n) is 5.72. The molecule has 3 heterocycles. The van der Waals surface area contributed by atoms with Gasteiger partial charge in [0.1, 0.15) is 4.83 Å². The second-order valence-corrected chi connectivity index (χ2v) is 9.99. The number of aryl methyl sites for hydroxylation is 2. The summed E-state index contributed by atoms with van der Waals surface area (Å²) in [6.45, 7) is 1.29. The molecule has 28 heavy (non-hydrogen) atoms. The molecular formula is C20H25N3O3S2. The summed E-state index contributed by atoms with van der Waals surface area (Å²) in [6.07, 6.45) is 8.57. The van der Waals surface area contributed by atoms with Crippen molar-refractivity contribution in [3.8, 4) is 0 Å². The van der Waals surface area contributed by atoms with Gasteiger partial charge in [-0.3, -0.25) is 14.2 Å². The zero-order chi connectivity index (χ0) is 19.1. The lowest BCUT2D eigenvalue weighted by atomic mass is 9.97. The molecule has 1 N–H and O–H groups in total. The molecule has 2 aliphatic carbocycles. The highest BCUT2D eigenvalue weighted by Gasteiger charge is 2.26. The van der Waals surface area contributed by atoms with E-state index in [1.54, 1.807) is 15.9 Å². The Balaban J connectivity index is 1.49. The van der Waals surface area contributed by atoms with Crippen LogP contribution < -0.4 is 10.9 Å². The fourth-order valence-electron chi connectivity index (χ4n) is 4.11. The highest BCUT2D eigenvalue weighted by atomic mass is 32.2. The Hall–Kier alpha value is -1.38. The minimum atomic E-state index is 0.0241. The molecule has 8 heteroatoms. The van der Waals surface area contributed by atoms with Crippen molar-refractivity contribution >= 4 is 39.2 Å². The first-order valence-corrected chi connectivity index (χ1v) is 12.1. The van der Waals surface area contributed by atoms with Crippen LogP contribution in [0, 0.1) is 0 Å². The van der Waals surface area contributed by atoms with E-state index in [-0.39, 0.29) is 17.6 Å². The molecule has 2 fully saturated rings. The number of thiophene rings is 1. The third-order valence-corrected chi connectivity index (χ3v) is 7.89. The van der Waals surface area contributed by atoms with Crippen LogP contribution in [0.3, 0.4) is 0 Å². The van der Waals surface area contributed by atoms with Gasteiger partial charge in [0.2, 0.25) is 5.91 Å². The van der Waals surface area contributed by atoms with Crippen molar-refractivity contribution in [1.29, 1.82) is 0 Å². The number of hydrogen-bond acceptors (Lipinski definition) is 6. The topological polar surface area (TPSA) is 73.2 Å². The Morgan fingerprint density at radius 3 is 2.89 bits per heavy atom. The van der Waals surface area contributed by atoms with Crippen LogP contribution in [0.4, 0.5) is 0 Å². The van der Waals surface area contributed by atoms with Crippen LogP contribution in [0.25, 0.3) is 10.2 Å². The number of carbonyl (C=O) groups is 1. The summed E-state index contributed by atoms with van der Waals surface area (Å²) in [4.78, 5) is 32.6. The van der Waals surface area contributed by atoms with Crippen LogP contribution in [0.5, 0.6) is 0 Å². The van der Waals surface area contributed by atoms with Gasteiger partial charge >= 0.3 is 0 Å². The standard InChI is InChI=1S/C20H25N3O3S2/c24-16(21-12-7-8-12)11-27-20-22-18-17(14-5-1-2-6-15(14)28-18)19(25)23(20)10-13-4-3-9-26-13/h12-13H,1-11H2,(H,21,24)/t13-/m1/s1. The van der Waals surface area contributed by atoms with E-state index in [0.717, 1.165) is 61.8 Å². The number of aromatic nitrogens is 2. The van der Waals surface area contributed by atoms with Gasteiger partial charge in [-0.05, 0) is 56.9 Å². The number of ether oxygens (including phenoxy) is 1. The minimum Gasteiger partial charge on any atom is -0.376 e. The van der Waals surface area contributed by atoms with Gasteiger partial charge in [-0.2, -0.15) is 0 Å². The largest absolute Gasteiger partial charge is 0.376 e. The molecule has 3 aliphatic rings. The molecule has 0 aromatic carbocycles. The van der Waals surface area contributed by atoms with Crippen molar-refractivity contribution in [3.63, 3.8) is 0 Å². The van der Waals surface area contributed by atoms with Crippen LogP contribution in [0.2, 0.25) is 0 Å². The Labute approximate surface area is 172 Å². The second kappa shape index (κ2) is 7.80. The number of thioether (sulfide) groups is 1. The van der Waals surface area contributed by atoms with Gasteiger partial charge in [0.05, 0.1) is 23.8 Å². The zero-order valence-corrected chi connectivity index (χ0v) is 17.5. The van der Waals surface area contributed by atoms with Crippen molar-refractivity contribution < 1.29 is 9.53 Å². The number of nitrogens with zero attached hydrogens (tertiary/aromatic N) is 2. The third kappa shape index (κ3) is 3.74. The minimum absolute atomic E-state index is 0.0241. The van der Waals surface area contributed by atoms with Gasteiger partial charge in [0.15, 0.2) is 5.16 Å². The number of carbonyl (C=O) groups excluding carboxylic acids is 1. The molecule has 1 amide bonds. The molecule has 150 valence electrons. The molecule has 1 saturated heterocycles. The molecule has 1 saturated carbocycles. The van der Waals surface area contributed by atoms with E-state index in [0.29, 0.717) is 23.5 Å². The fraction of sp³-hybridized carbons (Fsp3) is 0.650. The fourth-order valence-corrected chi connectivity index (χ4v) is 6.23. The Kier molecular flexibility index (Phi) is 5.19. The molecule has 0 spiro atoms. The van der Waals surface area contributed by atoms with E-state index in [4.69, 9.17) is 9.72 Å². The number of rotatable bonds is 6. The zero-order valence-electron chi connectivity index (χ0n) is 15.9. The van der Waals surface area contributed by atoms with E-state index < -0.39 is 0 Å². The lowest BCUT2D eigenvalue weighted by Crippen LogP contribution is -2.30. The molecule has 0 unspecified atom stereocenters. The van der Waals surface area contributed by atoms with Gasteiger partial charge in [0.25, 0.3) is 5.56 Å².